The number of nitro groups is 1. The van der Waals surface area contributed by atoms with E-state index in [1.807, 2.05) is 0 Å². The summed E-state index contributed by atoms with van der Waals surface area (Å²) in [6, 6.07) is 3.37. The van der Waals surface area contributed by atoms with Gasteiger partial charge in [0.1, 0.15) is 0 Å². The first-order valence-electron chi connectivity index (χ1n) is 6.07. The Balaban J connectivity index is 2.87. The molecule has 1 aromatic carbocycles. The van der Waals surface area contributed by atoms with Crippen molar-refractivity contribution in [1.82, 2.24) is 0 Å². The largest absolute Gasteiger partial charge is 0.460 e. The molecular formula is C13H14ClNO6. The molecule has 0 bridgehead atoms. The maximum atomic E-state index is 11.9. The third-order valence-corrected chi connectivity index (χ3v) is 2.68. The van der Waals surface area contributed by atoms with Crippen molar-refractivity contribution in [2.75, 3.05) is 0 Å². The minimum absolute atomic E-state index is 0.00460. The average molecular weight is 316 g/mol. The molecule has 21 heavy (non-hydrogen) atoms. The normalized spacial score (nSPS) is 11.9. The van der Waals surface area contributed by atoms with Crippen LogP contribution in [0.1, 0.15) is 31.1 Å². The predicted molar refractivity (Wildman–Crippen MR) is 74.2 cm³/mol. The molecule has 1 atom stereocenters. The summed E-state index contributed by atoms with van der Waals surface area (Å²) < 4.78 is 9.78. The molecule has 0 saturated carbocycles. The molecule has 7 nitrogen and oxygen atoms in total. The number of carbonyl (C=O) groups is 2. The van der Waals surface area contributed by atoms with Crippen LogP contribution < -0.4 is 0 Å². The second-order valence-electron chi connectivity index (χ2n) is 4.45. The number of hydrogen-bond acceptors (Lipinski definition) is 6. The zero-order valence-corrected chi connectivity index (χ0v) is 12.4. The second-order valence-corrected chi connectivity index (χ2v) is 4.86. The van der Waals surface area contributed by atoms with E-state index in [1.54, 1.807) is 13.8 Å². The van der Waals surface area contributed by atoms with Crippen molar-refractivity contribution < 1.29 is 24.0 Å². The summed E-state index contributed by atoms with van der Waals surface area (Å²) in [5.74, 6) is -1.64. The van der Waals surface area contributed by atoms with Crippen molar-refractivity contribution in [3.63, 3.8) is 0 Å². The maximum absolute atomic E-state index is 11.9. The Morgan fingerprint density at radius 1 is 1.24 bits per heavy atom. The Hall–Kier alpha value is -2.15. The van der Waals surface area contributed by atoms with Gasteiger partial charge in [0.2, 0.25) is 0 Å². The highest BCUT2D eigenvalue weighted by molar-refractivity contribution is 6.33. The van der Waals surface area contributed by atoms with Gasteiger partial charge < -0.3 is 9.47 Å². The quantitative estimate of drug-likeness (QED) is 0.471. The van der Waals surface area contributed by atoms with Gasteiger partial charge in [0.25, 0.3) is 5.69 Å². The molecule has 0 amide bonds. The van der Waals surface area contributed by atoms with Crippen molar-refractivity contribution in [2.45, 2.75) is 33.0 Å². The highest BCUT2D eigenvalue weighted by Gasteiger charge is 2.24. The van der Waals surface area contributed by atoms with E-state index < -0.39 is 23.0 Å². The van der Waals surface area contributed by atoms with Crippen molar-refractivity contribution in [3.05, 3.63) is 38.9 Å². The van der Waals surface area contributed by atoms with Crippen molar-refractivity contribution in [2.24, 2.45) is 0 Å². The smallest absolute Gasteiger partial charge is 0.347 e. The Morgan fingerprint density at radius 3 is 2.38 bits per heavy atom. The number of non-ortho nitro benzene ring substituents is 1. The molecule has 114 valence electrons. The molecular weight excluding hydrogens is 302 g/mol. The fourth-order valence-electron chi connectivity index (χ4n) is 1.38. The lowest BCUT2D eigenvalue weighted by Crippen LogP contribution is -2.28. The van der Waals surface area contributed by atoms with Gasteiger partial charge in [-0.25, -0.2) is 9.59 Å². The monoisotopic (exact) mass is 315 g/mol. The van der Waals surface area contributed by atoms with Gasteiger partial charge in [0.05, 0.1) is 21.6 Å². The van der Waals surface area contributed by atoms with Crippen LogP contribution in [0.5, 0.6) is 0 Å². The Labute approximate surface area is 125 Å². The van der Waals surface area contributed by atoms with Gasteiger partial charge in [-0.3, -0.25) is 10.1 Å². The summed E-state index contributed by atoms with van der Waals surface area (Å²) in [4.78, 5) is 33.5. The first kappa shape index (κ1) is 16.9. The molecule has 0 aliphatic rings. The summed E-state index contributed by atoms with van der Waals surface area (Å²) in [7, 11) is 0. The lowest BCUT2D eigenvalue weighted by Gasteiger charge is -2.15. The minimum atomic E-state index is -1.14. The van der Waals surface area contributed by atoms with Crippen LogP contribution in [-0.4, -0.2) is 29.1 Å². The summed E-state index contributed by atoms with van der Waals surface area (Å²) in [5, 5.41) is 10.7. The van der Waals surface area contributed by atoms with E-state index in [9.17, 15) is 19.7 Å². The van der Waals surface area contributed by atoms with Crippen LogP contribution >= 0.6 is 11.6 Å². The van der Waals surface area contributed by atoms with E-state index in [2.05, 4.69) is 0 Å². The van der Waals surface area contributed by atoms with Gasteiger partial charge in [-0.15, -0.1) is 0 Å². The van der Waals surface area contributed by atoms with Crippen LogP contribution in [0.25, 0.3) is 0 Å². The van der Waals surface area contributed by atoms with Gasteiger partial charge >= 0.3 is 11.9 Å². The van der Waals surface area contributed by atoms with Crippen molar-refractivity contribution in [1.29, 1.82) is 0 Å². The summed E-state index contributed by atoms with van der Waals surface area (Å²) in [5.41, 5.74) is -0.487. The molecule has 1 rings (SSSR count). The molecule has 1 aromatic rings. The van der Waals surface area contributed by atoms with Crippen molar-refractivity contribution >= 4 is 29.2 Å². The van der Waals surface area contributed by atoms with Crippen LogP contribution in [0.4, 0.5) is 5.69 Å². The van der Waals surface area contributed by atoms with E-state index in [0.717, 1.165) is 12.1 Å². The first-order chi connectivity index (χ1) is 9.72. The maximum Gasteiger partial charge on any atom is 0.347 e. The first-order valence-corrected chi connectivity index (χ1v) is 6.45. The number of benzene rings is 1. The van der Waals surface area contributed by atoms with E-state index in [1.165, 1.54) is 13.0 Å². The molecule has 0 N–H and O–H groups in total. The lowest BCUT2D eigenvalue weighted by molar-refractivity contribution is -0.384. The van der Waals surface area contributed by atoms with Gasteiger partial charge in [0, 0.05) is 12.1 Å². The number of esters is 2. The predicted octanol–water partition coefficient (Wildman–Crippen LogP) is 2.75. The van der Waals surface area contributed by atoms with E-state index in [4.69, 9.17) is 21.1 Å². The number of nitrogens with zero attached hydrogens (tertiary/aromatic N) is 1. The fourth-order valence-corrected chi connectivity index (χ4v) is 1.58. The molecule has 0 spiro atoms. The van der Waals surface area contributed by atoms with E-state index in [-0.39, 0.29) is 22.4 Å². The van der Waals surface area contributed by atoms with Crippen molar-refractivity contribution in [3.8, 4) is 0 Å². The number of hydrogen-bond donors (Lipinski definition) is 0. The zero-order chi connectivity index (χ0) is 16.2. The highest BCUT2D eigenvalue weighted by Crippen LogP contribution is 2.23. The van der Waals surface area contributed by atoms with Gasteiger partial charge in [-0.2, -0.15) is 0 Å². The van der Waals surface area contributed by atoms with E-state index in [0.29, 0.717) is 0 Å². The lowest BCUT2D eigenvalue weighted by atomic mass is 10.2. The van der Waals surface area contributed by atoms with Gasteiger partial charge in [-0.1, -0.05) is 11.6 Å². The molecule has 8 heteroatoms. The van der Waals surface area contributed by atoms with Gasteiger partial charge in [0.15, 0.2) is 6.10 Å². The Kier molecular flexibility index (Phi) is 5.66. The standard InChI is InChI=1S/C13H14ClNO6/c1-7(2)20-12(16)8(3)21-13(17)10-6-9(15(18)19)4-5-11(10)14/h4-8H,1-3H3/t8-/m1/s1. The molecule has 0 unspecified atom stereocenters. The zero-order valence-electron chi connectivity index (χ0n) is 11.7. The number of carbonyl (C=O) groups excluding carboxylic acids is 2. The van der Waals surface area contributed by atoms with Crippen LogP contribution in [0.3, 0.4) is 0 Å². The Morgan fingerprint density at radius 2 is 1.86 bits per heavy atom. The third-order valence-electron chi connectivity index (χ3n) is 2.35. The summed E-state index contributed by atoms with van der Waals surface area (Å²) >= 11 is 5.80. The highest BCUT2D eigenvalue weighted by atomic mass is 35.5. The molecule has 0 aromatic heterocycles. The van der Waals surface area contributed by atoms with Crippen LogP contribution in [0, 0.1) is 10.1 Å². The minimum Gasteiger partial charge on any atom is -0.460 e. The van der Waals surface area contributed by atoms with E-state index >= 15 is 0 Å². The van der Waals surface area contributed by atoms with Crippen LogP contribution in [0.2, 0.25) is 5.02 Å². The number of halogens is 1. The molecule has 0 saturated heterocycles. The molecule has 0 heterocycles. The third kappa shape index (κ3) is 4.71. The molecule has 0 aliphatic carbocycles. The Bertz CT molecular complexity index is 572. The number of ether oxygens (including phenoxy) is 2. The molecule has 0 aliphatic heterocycles. The second kappa shape index (κ2) is 7.03. The SMILES string of the molecule is CC(C)OC(=O)[C@@H](C)OC(=O)c1cc([N+](=O)[O-])ccc1Cl. The summed E-state index contributed by atoms with van der Waals surface area (Å²) in [6.07, 6.45) is -1.49. The summed E-state index contributed by atoms with van der Waals surface area (Å²) in [6.45, 7) is 4.65. The fraction of sp³-hybridized carbons (Fsp3) is 0.385. The van der Waals surface area contributed by atoms with Gasteiger partial charge in [-0.05, 0) is 26.8 Å². The molecule has 0 fully saturated rings. The number of nitro benzene ring substituents is 1. The average Bonchev–Trinajstić information content (AvgIpc) is 2.37. The molecule has 0 radical (unpaired) electrons. The topological polar surface area (TPSA) is 95.7 Å². The van der Waals surface area contributed by atoms with Crippen LogP contribution in [-0.2, 0) is 14.3 Å². The number of rotatable bonds is 5. The van der Waals surface area contributed by atoms with Crippen LogP contribution in [0.15, 0.2) is 18.2 Å².